The quantitative estimate of drug-likeness (QED) is 0.448. The zero-order valence-corrected chi connectivity index (χ0v) is 20.4. The Kier molecular flexibility index (Phi) is 8.21. The molecule has 0 aliphatic carbocycles. The molecule has 9 nitrogen and oxygen atoms in total. The van der Waals surface area contributed by atoms with E-state index in [1.54, 1.807) is 37.3 Å². The largest absolute Gasteiger partial charge is 0.483 e. The lowest BCUT2D eigenvalue weighted by molar-refractivity contribution is -0.118. The van der Waals surface area contributed by atoms with Gasteiger partial charge in [-0.05, 0) is 43.2 Å². The van der Waals surface area contributed by atoms with Crippen LogP contribution < -0.4 is 15.4 Å². The SMILES string of the molecule is COC(=O)c1ccccc1NC(=O)c1sc(NC(=O)COc2ccccc2C)c(C(=O)OC)c1C. The molecule has 0 aliphatic heterocycles. The molecule has 35 heavy (non-hydrogen) atoms. The molecule has 0 saturated carbocycles. The fourth-order valence-electron chi connectivity index (χ4n) is 3.25. The molecule has 0 fully saturated rings. The van der Waals surface area contributed by atoms with E-state index < -0.39 is 23.8 Å². The molecule has 3 rings (SSSR count). The Morgan fingerprint density at radius 3 is 2.20 bits per heavy atom. The number of carbonyl (C=O) groups excluding carboxylic acids is 4. The standard InChI is InChI=1S/C25H24N2O7S/c1-14-9-5-8-12-18(14)34-13-19(28)27-23-20(25(31)33-4)15(2)21(35-23)22(29)26-17-11-7-6-10-16(17)24(30)32-3/h5-12H,13H2,1-4H3,(H,26,29)(H,27,28). The van der Waals surface area contributed by atoms with Crippen LogP contribution in [0.3, 0.4) is 0 Å². The number of nitrogens with one attached hydrogen (secondary N) is 2. The Morgan fingerprint density at radius 1 is 0.857 bits per heavy atom. The molecule has 10 heteroatoms. The Bertz CT molecular complexity index is 1280. The van der Waals surface area contributed by atoms with Crippen molar-refractivity contribution < 1.29 is 33.4 Å². The van der Waals surface area contributed by atoms with Crippen LogP contribution in [0.15, 0.2) is 48.5 Å². The molecular weight excluding hydrogens is 472 g/mol. The minimum Gasteiger partial charge on any atom is -0.483 e. The zero-order valence-electron chi connectivity index (χ0n) is 19.6. The Labute approximate surface area is 206 Å². The average molecular weight is 497 g/mol. The van der Waals surface area contributed by atoms with Crippen LogP contribution in [0.5, 0.6) is 5.75 Å². The molecule has 0 atom stereocenters. The van der Waals surface area contributed by atoms with Gasteiger partial charge in [-0.3, -0.25) is 9.59 Å². The van der Waals surface area contributed by atoms with Gasteiger partial charge < -0.3 is 24.8 Å². The van der Waals surface area contributed by atoms with Gasteiger partial charge in [0.15, 0.2) is 6.61 Å². The maximum absolute atomic E-state index is 13.1. The van der Waals surface area contributed by atoms with E-state index in [0.29, 0.717) is 11.3 Å². The summed E-state index contributed by atoms with van der Waals surface area (Å²) in [4.78, 5) is 50.3. The third-order valence-electron chi connectivity index (χ3n) is 5.03. The lowest BCUT2D eigenvalue weighted by atomic mass is 10.1. The molecule has 2 N–H and O–H groups in total. The monoisotopic (exact) mass is 496 g/mol. The normalized spacial score (nSPS) is 10.3. The van der Waals surface area contributed by atoms with Crippen LogP contribution in [0, 0.1) is 13.8 Å². The maximum atomic E-state index is 13.1. The van der Waals surface area contributed by atoms with Crippen LogP contribution in [0.25, 0.3) is 0 Å². The molecular formula is C25H24N2O7S. The minimum absolute atomic E-state index is 0.0631. The summed E-state index contributed by atoms with van der Waals surface area (Å²) in [7, 11) is 2.45. The van der Waals surface area contributed by atoms with Crippen LogP contribution in [0.4, 0.5) is 10.7 Å². The summed E-state index contributed by atoms with van der Waals surface area (Å²) in [6.45, 7) is 3.13. The van der Waals surface area contributed by atoms with Gasteiger partial charge in [-0.15, -0.1) is 11.3 Å². The van der Waals surface area contributed by atoms with E-state index in [1.807, 2.05) is 19.1 Å². The third kappa shape index (κ3) is 5.85. The van der Waals surface area contributed by atoms with E-state index >= 15 is 0 Å². The first-order chi connectivity index (χ1) is 16.8. The summed E-state index contributed by atoms with van der Waals surface area (Å²) in [5.74, 6) is -1.83. The summed E-state index contributed by atoms with van der Waals surface area (Å²) >= 11 is 0.914. The predicted octanol–water partition coefficient (Wildman–Crippen LogP) is 4.21. The maximum Gasteiger partial charge on any atom is 0.341 e. The van der Waals surface area contributed by atoms with Crippen LogP contribution in [-0.4, -0.2) is 44.6 Å². The number of anilines is 2. The first-order valence-corrected chi connectivity index (χ1v) is 11.3. The second-order valence-corrected chi connectivity index (χ2v) is 8.37. The van der Waals surface area contributed by atoms with Gasteiger partial charge in [0.1, 0.15) is 10.8 Å². The molecule has 0 bridgehead atoms. The molecule has 0 saturated heterocycles. The summed E-state index contributed by atoms with van der Waals surface area (Å²) in [6, 6.07) is 13.6. The second kappa shape index (κ2) is 11.3. The highest BCUT2D eigenvalue weighted by molar-refractivity contribution is 7.19. The molecule has 2 amide bonds. The number of carbonyl (C=O) groups is 4. The van der Waals surface area contributed by atoms with Crippen LogP contribution in [-0.2, 0) is 14.3 Å². The number of thiophene rings is 1. The Morgan fingerprint density at radius 2 is 1.51 bits per heavy atom. The number of hydrogen-bond acceptors (Lipinski definition) is 8. The number of para-hydroxylation sites is 2. The summed E-state index contributed by atoms with van der Waals surface area (Å²) < 4.78 is 15.2. The van der Waals surface area contributed by atoms with E-state index in [4.69, 9.17) is 14.2 Å². The molecule has 182 valence electrons. The van der Waals surface area contributed by atoms with E-state index in [1.165, 1.54) is 20.3 Å². The number of amides is 2. The van der Waals surface area contributed by atoms with Crippen molar-refractivity contribution in [1.82, 2.24) is 0 Å². The van der Waals surface area contributed by atoms with Gasteiger partial charge in [-0.2, -0.15) is 0 Å². The topological polar surface area (TPSA) is 120 Å². The van der Waals surface area contributed by atoms with Gasteiger partial charge in [0, 0.05) is 0 Å². The lowest BCUT2D eigenvalue weighted by Crippen LogP contribution is -2.21. The molecule has 3 aromatic rings. The molecule has 2 aromatic carbocycles. The van der Waals surface area contributed by atoms with Crippen LogP contribution in [0.1, 0.15) is 41.5 Å². The highest BCUT2D eigenvalue weighted by Gasteiger charge is 2.27. The van der Waals surface area contributed by atoms with Gasteiger partial charge in [0.05, 0.1) is 35.9 Å². The van der Waals surface area contributed by atoms with Crippen molar-refractivity contribution in [3.05, 3.63) is 75.7 Å². The van der Waals surface area contributed by atoms with Crippen LogP contribution in [0.2, 0.25) is 0 Å². The summed E-state index contributed by atoms with van der Waals surface area (Å²) in [5, 5.41) is 5.45. The number of hydrogen-bond donors (Lipinski definition) is 2. The van der Waals surface area contributed by atoms with E-state index in [-0.39, 0.29) is 33.3 Å². The predicted molar refractivity (Wildman–Crippen MR) is 131 cm³/mol. The van der Waals surface area contributed by atoms with E-state index in [0.717, 1.165) is 16.9 Å². The number of benzene rings is 2. The summed E-state index contributed by atoms with van der Waals surface area (Å²) in [5.41, 5.74) is 1.67. The molecule has 0 unspecified atom stereocenters. The van der Waals surface area contributed by atoms with Crippen molar-refractivity contribution in [1.29, 1.82) is 0 Å². The van der Waals surface area contributed by atoms with Crippen molar-refractivity contribution in [2.24, 2.45) is 0 Å². The number of esters is 2. The van der Waals surface area contributed by atoms with Gasteiger partial charge >= 0.3 is 11.9 Å². The van der Waals surface area contributed by atoms with Crippen molar-refractivity contribution >= 4 is 45.8 Å². The van der Waals surface area contributed by atoms with Crippen molar-refractivity contribution in [2.75, 3.05) is 31.5 Å². The number of methoxy groups -OCH3 is 2. The van der Waals surface area contributed by atoms with Gasteiger partial charge in [0.25, 0.3) is 11.8 Å². The van der Waals surface area contributed by atoms with Crippen molar-refractivity contribution in [2.45, 2.75) is 13.8 Å². The first-order valence-electron chi connectivity index (χ1n) is 10.5. The van der Waals surface area contributed by atoms with Crippen LogP contribution >= 0.6 is 11.3 Å². The zero-order chi connectivity index (χ0) is 25.5. The highest BCUT2D eigenvalue weighted by atomic mass is 32.1. The Hall–Kier alpha value is -4.18. The smallest absolute Gasteiger partial charge is 0.341 e. The summed E-state index contributed by atoms with van der Waals surface area (Å²) in [6.07, 6.45) is 0. The highest BCUT2D eigenvalue weighted by Crippen LogP contribution is 2.34. The molecule has 0 radical (unpaired) electrons. The molecule has 0 aliphatic rings. The molecule has 1 aromatic heterocycles. The molecule has 1 heterocycles. The second-order valence-electron chi connectivity index (χ2n) is 7.35. The first kappa shape index (κ1) is 25.4. The van der Waals surface area contributed by atoms with E-state index in [2.05, 4.69) is 10.6 Å². The Balaban J connectivity index is 1.84. The third-order valence-corrected chi connectivity index (χ3v) is 6.23. The number of ether oxygens (including phenoxy) is 3. The van der Waals surface area contributed by atoms with Gasteiger partial charge in [-0.1, -0.05) is 30.3 Å². The minimum atomic E-state index is -0.706. The molecule has 0 spiro atoms. The average Bonchev–Trinajstić information content (AvgIpc) is 3.18. The fourth-order valence-corrected chi connectivity index (χ4v) is 4.36. The number of rotatable bonds is 8. The van der Waals surface area contributed by atoms with E-state index in [9.17, 15) is 19.2 Å². The van der Waals surface area contributed by atoms with Crippen molar-refractivity contribution in [3.63, 3.8) is 0 Å². The van der Waals surface area contributed by atoms with Crippen molar-refractivity contribution in [3.8, 4) is 5.75 Å². The lowest BCUT2D eigenvalue weighted by Gasteiger charge is -2.09. The van der Waals surface area contributed by atoms with Gasteiger partial charge in [-0.25, -0.2) is 9.59 Å². The fraction of sp³-hybridized carbons (Fsp3) is 0.200. The number of aryl methyl sites for hydroxylation is 1. The van der Waals surface area contributed by atoms with Gasteiger partial charge in [0.2, 0.25) is 0 Å².